The van der Waals surface area contributed by atoms with Crippen molar-refractivity contribution in [2.45, 2.75) is 32.4 Å². The molecule has 0 aliphatic carbocycles. The molecule has 1 aliphatic rings. The van der Waals surface area contributed by atoms with Gasteiger partial charge < -0.3 is 10.2 Å². The minimum Gasteiger partial charge on any atom is -0.382 e. The van der Waals surface area contributed by atoms with Gasteiger partial charge in [0.15, 0.2) is 0 Å². The molecule has 1 N–H and O–H groups in total. The van der Waals surface area contributed by atoms with Crippen LogP contribution in [0.5, 0.6) is 0 Å². The second-order valence-electron chi connectivity index (χ2n) is 5.77. The maximum atomic E-state index is 12.9. The standard InChI is InChI=1S/C17H19FN4O2/c1-12-10-20-22(11-12)8-2-7-19-17(23)16-9-15(21-24-16)13-3-5-14(18)6-4-13/h3-6,10-11,16H,2,7-9H2,1H3,(H,19,23). The molecule has 0 spiro atoms. The fourth-order valence-electron chi connectivity index (χ4n) is 2.49. The molecule has 1 aromatic carbocycles. The average molecular weight is 330 g/mol. The molecule has 1 atom stereocenters. The van der Waals surface area contributed by atoms with Crippen LogP contribution in [0.1, 0.15) is 24.0 Å². The number of carbonyl (C=O) groups is 1. The highest BCUT2D eigenvalue weighted by atomic mass is 19.1. The van der Waals surface area contributed by atoms with Gasteiger partial charge in [0.25, 0.3) is 5.91 Å². The summed E-state index contributed by atoms with van der Waals surface area (Å²) >= 11 is 0. The van der Waals surface area contributed by atoms with E-state index < -0.39 is 6.10 Å². The van der Waals surface area contributed by atoms with Crippen molar-refractivity contribution < 1.29 is 14.0 Å². The molecular formula is C17H19FN4O2. The lowest BCUT2D eigenvalue weighted by molar-refractivity contribution is -0.131. The quantitative estimate of drug-likeness (QED) is 0.824. The lowest BCUT2D eigenvalue weighted by Crippen LogP contribution is -2.35. The van der Waals surface area contributed by atoms with E-state index in [1.54, 1.807) is 18.3 Å². The van der Waals surface area contributed by atoms with E-state index in [2.05, 4.69) is 15.6 Å². The first-order valence-electron chi connectivity index (χ1n) is 7.87. The van der Waals surface area contributed by atoms with Crippen LogP contribution in [0.25, 0.3) is 0 Å². The number of halogens is 1. The predicted molar refractivity (Wildman–Crippen MR) is 87.0 cm³/mol. The van der Waals surface area contributed by atoms with Gasteiger partial charge in [-0.3, -0.25) is 9.48 Å². The smallest absolute Gasteiger partial charge is 0.264 e. The Morgan fingerprint density at radius 1 is 1.42 bits per heavy atom. The largest absolute Gasteiger partial charge is 0.382 e. The van der Waals surface area contributed by atoms with Gasteiger partial charge in [0.2, 0.25) is 6.10 Å². The Hall–Kier alpha value is -2.70. The van der Waals surface area contributed by atoms with E-state index in [0.29, 0.717) is 18.7 Å². The topological polar surface area (TPSA) is 68.5 Å². The van der Waals surface area contributed by atoms with Crippen molar-refractivity contribution in [2.75, 3.05) is 6.54 Å². The van der Waals surface area contributed by atoms with Crippen LogP contribution < -0.4 is 5.32 Å². The number of aromatic nitrogens is 2. The van der Waals surface area contributed by atoms with E-state index in [9.17, 15) is 9.18 Å². The number of benzene rings is 1. The van der Waals surface area contributed by atoms with Crippen molar-refractivity contribution in [2.24, 2.45) is 5.16 Å². The number of aryl methyl sites for hydroxylation is 2. The number of carbonyl (C=O) groups excluding carboxylic acids is 1. The van der Waals surface area contributed by atoms with Crippen molar-refractivity contribution in [3.05, 3.63) is 53.6 Å². The Morgan fingerprint density at radius 3 is 2.92 bits per heavy atom. The van der Waals surface area contributed by atoms with Crippen LogP contribution >= 0.6 is 0 Å². The Bertz CT molecular complexity index is 739. The van der Waals surface area contributed by atoms with Gasteiger partial charge in [-0.15, -0.1) is 0 Å². The molecule has 7 heteroatoms. The van der Waals surface area contributed by atoms with Crippen molar-refractivity contribution >= 4 is 11.6 Å². The third-order valence-electron chi connectivity index (χ3n) is 3.76. The molecule has 126 valence electrons. The minimum atomic E-state index is -0.628. The molecule has 1 unspecified atom stereocenters. The van der Waals surface area contributed by atoms with Gasteiger partial charge in [0.1, 0.15) is 5.82 Å². The summed E-state index contributed by atoms with van der Waals surface area (Å²) in [5.74, 6) is -0.493. The van der Waals surface area contributed by atoms with Crippen LogP contribution in [0.2, 0.25) is 0 Å². The molecule has 24 heavy (non-hydrogen) atoms. The summed E-state index contributed by atoms with van der Waals surface area (Å²) in [6.45, 7) is 3.28. The highest BCUT2D eigenvalue weighted by molar-refractivity contribution is 6.04. The van der Waals surface area contributed by atoms with Crippen molar-refractivity contribution in [1.82, 2.24) is 15.1 Å². The second kappa shape index (κ2) is 7.25. The van der Waals surface area contributed by atoms with Crippen LogP contribution in [-0.2, 0) is 16.2 Å². The average Bonchev–Trinajstić information content (AvgIpc) is 3.21. The summed E-state index contributed by atoms with van der Waals surface area (Å²) in [5, 5.41) is 11.0. The SMILES string of the molecule is Cc1cnn(CCCNC(=O)C2CC(c3ccc(F)cc3)=NO2)c1. The minimum absolute atomic E-state index is 0.187. The number of hydrogen-bond acceptors (Lipinski definition) is 4. The van der Waals surface area contributed by atoms with E-state index in [-0.39, 0.29) is 11.7 Å². The maximum absolute atomic E-state index is 12.9. The molecule has 0 saturated carbocycles. The normalized spacial score (nSPS) is 16.6. The van der Waals surface area contributed by atoms with E-state index in [0.717, 1.165) is 24.1 Å². The molecule has 1 amide bonds. The van der Waals surface area contributed by atoms with Gasteiger partial charge in [-0.05, 0) is 36.6 Å². The predicted octanol–water partition coefficient (Wildman–Crippen LogP) is 2.03. The highest BCUT2D eigenvalue weighted by Gasteiger charge is 2.28. The zero-order valence-electron chi connectivity index (χ0n) is 13.4. The molecule has 0 radical (unpaired) electrons. The van der Waals surface area contributed by atoms with Gasteiger partial charge in [0, 0.05) is 25.7 Å². The summed E-state index contributed by atoms with van der Waals surface area (Å²) in [7, 11) is 0. The maximum Gasteiger partial charge on any atom is 0.264 e. The van der Waals surface area contributed by atoms with Gasteiger partial charge in [-0.2, -0.15) is 5.10 Å². The van der Waals surface area contributed by atoms with Gasteiger partial charge in [-0.25, -0.2) is 4.39 Å². The number of nitrogens with one attached hydrogen (secondary N) is 1. The van der Waals surface area contributed by atoms with Crippen LogP contribution in [0.15, 0.2) is 41.8 Å². The van der Waals surface area contributed by atoms with E-state index in [4.69, 9.17) is 4.84 Å². The molecule has 0 bridgehead atoms. The number of oxime groups is 1. The van der Waals surface area contributed by atoms with Gasteiger partial charge >= 0.3 is 0 Å². The summed E-state index contributed by atoms with van der Waals surface area (Å²) in [6.07, 6.45) is 4.31. The van der Waals surface area contributed by atoms with Crippen molar-refractivity contribution in [3.8, 4) is 0 Å². The molecule has 6 nitrogen and oxygen atoms in total. The lowest BCUT2D eigenvalue weighted by Gasteiger charge is -2.09. The Morgan fingerprint density at radius 2 is 2.21 bits per heavy atom. The summed E-state index contributed by atoms with van der Waals surface area (Å²) < 4.78 is 14.8. The van der Waals surface area contributed by atoms with Crippen LogP contribution in [0.3, 0.4) is 0 Å². The van der Waals surface area contributed by atoms with Crippen molar-refractivity contribution in [3.63, 3.8) is 0 Å². The zero-order valence-corrected chi connectivity index (χ0v) is 13.4. The number of hydrogen-bond donors (Lipinski definition) is 1. The van der Waals surface area contributed by atoms with Crippen LogP contribution in [0, 0.1) is 12.7 Å². The van der Waals surface area contributed by atoms with E-state index >= 15 is 0 Å². The first-order valence-corrected chi connectivity index (χ1v) is 7.87. The third-order valence-corrected chi connectivity index (χ3v) is 3.76. The van der Waals surface area contributed by atoms with Crippen LogP contribution in [-0.4, -0.2) is 34.0 Å². The molecule has 1 aromatic heterocycles. The fraction of sp³-hybridized carbons (Fsp3) is 0.353. The molecule has 2 heterocycles. The van der Waals surface area contributed by atoms with Gasteiger partial charge in [0.05, 0.1) is 11.9 Å². The third kappa shape index (κ3) is 3.98. The van der Waals surface area contributed by atoms with E-state index in [1.165, 1.54) is 12.1 Å². The van der Waals surface area contributed by atoms with Crippen molar-refractivity contribution in [1.29, 1.82) is 0 Å². The Balaban J connectivity index is 1.41. The van der Waals surface area contributed by atoms with Crippen LogP contribution in [0.4, 0.5) is 4.39 Å². The Kier molecular flexibility index (Phi) is 4.88. The summed E-state index contributed by atoms with van der Waals surface area (Å²) in [4.78, 5) is 17.3. The summed E-state index contributed by atoms with van der Waals surface area (Å²) in [6, 6.07) is 5.98. The van der Waals surface area contributed by atoms with E-state index in [1.807, 2.05) is 17.8 Å². The molecular weight excluding hydrogens is 311 g/mol. The molecule has 1 aliphatic heterocycles. The molecule has 0 saturated heterocycles. The number of amides is 1. The fourth-order valence-corrected chi connectivity index (χ4v) is 2.49. The summed E-state index contributed by atoms with van der Waals surface area (Å²) in [5.41, 5.74) is 2.53. The molecule has 2 aromatic rings. The first kappa shape index (κ1) is 16.2. The van der Waals surface area contributed by atoms with Gasteiger partial charge in [-0.1, -0.05) is 17.3 Å². The second-order valence-corrected chi connectivity index (χ2v) is 5.77. The zero-order chi connectivity index (χ0) is 16.9. The number of nitrogens with zero attached hydrogens (tertiary/aromatic N) is 3. The molecule has 0 fully saturated rings. The highest BCUT2D eigenvalue weighted by Crippen LogP contribution is 2.17. The number of rotatable bonds is 6. The molecule has 3 rings (SSSR count). The Labute approximate surface area is 139 Å². The lowest BCUT2D eigenvalue weighted by atomic mass is 10.0. The first-order chi connectivity index (χ1) is 11.6. The monoisotopic (exact) mass is 330 g/mol.